The number of hydrogen-bond donors (Lipinski definition) is 5. The Morgan fingerprint density at radius 2 is 1.97 bits per heavy atom. The lowest BCUT2D eigenvalue weighted by molar-refractivity contribution is -0.117. The molecule has 0 atom stereocenters. The molecule has 0 fully saturated rings. The third-order valence-electron chi connectivity index (χ3n) is 4.40. The van der Waals surface area contributed by atoms with Gasteiger partial charge in [0.25, 0.3) is 5.91 Å². The Bertz CT molecular complexity index is 1150. The van der Waals surface area contributed by atoms with E-state index in [9.17, 15) is 14.4 Å². The first-order chi connectivity index (χ1) is 16.0. The second-order valence-corrected chi connectivity index (χ2v) is 6.91. The lowest BCUT2D eigenvalue weighted by Crippen LogP contribution is -2.36. The number of nitrogens with one attached hydrogen (secondary N) is 3. The predicted molar refractivity (Wildman–Crippen MR) is 124 cm³/mol. The van der Waals surface area contributed by atoms with Crippen LogP contribution in [0.4, 0.5) is 15.9 Å². The number of nitrogens with two attached hydrogens (primary N) is 1. The summed E-state index contributed by atoms with van der Waals surface area (Å²) < 4.78 is 18.2. The van der Waals surface area contributed by atoms with Crippen LogP contribution in [0.1, 0.15) is 11.3 Å². The molecule has 0 saturated heterocycles. The first kappa shape index (κ1) is 23.3. The summed E-state index contributed by atoms with van der Waals surface area (Å²) in [6.45, 7) is 0.606. The van der Waals surface area contributed by atoms with Crippen LogP contribution in [0.15, 0.2) is 63.3 Å². The Labute approximate surface area is 189 Å². The Kier molecular flexibility index (Phi) is 7.94. The molecule has 0 aliphatic rings. The molecule has 0 unspecified atom stereocenters. The van der Waals surface area contributed by atoms with Gasteiger partial charge in [0.1, 0.15) is 13.7 Å². The molecule has 33 heavy (non-hydrogen) atoms. The number of aromatic nitrogens is 2. The number of oxime groups is 1. The van der Waals surface area contributed by atoms with Crippen molar-refractivity contribution in [3.05, 3.63) is 65.6 Å². The van der Waals surface area contributed by atoms with Gasteiger partial charge in [0.2, 0.25) is 11.7 Å². The molecule has 13 heteroatoms. The van der Waals surface area contributed by atoms with Crippen LogP contribution in [0.5, 0.6) is 0 Å². The highest BCUT2D eigenvalue weighted by Gasteiger charge is 2.17. The number of rotatable bonds is 8. The number of benzene rings is 2. The van der Waals surface area contributed by atoms with Gasteiger partial charge in [-0.2, -0.15) is 4.99 Å². The molecule has 1 heterocycles. The van der Waals surface area contributed by atoms with Gasteiger partial charge >= 0.3 is 0 Å². The van der Waals surface area contributed by atoms with E-state index < -0.39 is 0 Å². The highest BCUT2D eigenvalue weighted by molar-refractivity contribution is 6.33. The van der Waals surface area contributed by atoms with Gasteiger partial charge in [-0.25, -0.2) is 9.02 Å². The number of guanidine groups is 1. The molecule has 11 nitrogen and oxygen atoms in total. The fourth-order valence-electron chi connectivity index (χ4n) is 2.81. The second kappa shape index (κ2) is 11.3. The first-order valence-electron chi connectivity index (χ1n) is 9.93. The van der Waals surface area contributed by atoms with Crippen molar-refractivity contribution in [1.82, 2.24) is 15.6 Å². The summed E-state index contributed by atoms with van der Waals surface area (Å²) in [6, 6.07) is 13.5. The largest absolute Gasteiger partial charge is 0.409 e. The lowest BCUT2D eigenvalue weighted by atomic mass is 9.95. The van der Waals surface area contributed by atoms with Gasteiger partial charge in [0.15, 0.2) is 11.7 Å². The first-order valence-corrected chi connectivity index (χ1v) is 9.93. The molecule has 0 saturated carbocycles. The standard InChI is InChI=1S/C20H22BFN8O3/c21-14-11-13(6-7-15(14)22)26-19(28-32)17-18(30-33-29-17)24-8-9-25-20(23)27-16(31)10-12-4-2-1-3-5-12/h1-7,11,32H,8-10,21H2,(H,24,30)(H,26,28)(H3,23,25,27,31). The van der Waals surface area contributed by atoms with Crippen LogP contribution in [0.25, 0.3) is 0 Å². The molecule has 2 aromatic carbocycles. The minimum Gasteiger partial charge on any atom is -0.409 e. The minimum absolute atomic E-state index is 0.0119. The van der Waals surface area contributed by atoms with E-state index >= 15 is 0 Å². The number of carbonyl (C=O) groups excluding carboxylic acids is 1. The number of amidine groups is 1. The highest BCUT2D eigenvalue weighted by Crippen LogP contribution is 2.14. The third-order valence-corrected chi connectivity index (χ3v) is 4.40. The Morgan fingerprint density at radius 1 is 1.18 bits per heavy atom. The molecule has 0 radical (unpaired) electrons. The maximum atomic E-state index is 13.5. The summed E-state index contributed by atoms with van der Waals surface area (Å²) in [5, 5.41) is 28.6. The normalized spacial score (nSPS) is 11.8. The van der Waals surface area contributed by atoms with Crippen LogP contribution in [0, 0.1) is 5.82 Å². The van der Waals surface area contributed by atoms with E-state index in [2.05, 4.69) is 36.4 Å². The summed E-state index contributed by atoms with van der Waals surface area (Å²) in [6.07, 6.45) is 0.152. The van der Waals surface area contributed by atoms with Crippen molar-refractivity contribution in [2.75, 3.05) is 23.7 Å². The van der Waals surface area contributed by atoms with Crippen LogP contribution < -0.4 is 27.1 Å². The maximum Gasteiger partial charge on any atom is 0.253 e. The smallest absolute Gasteiger partial charge is 0.253 e. The van der Waals surface area contributed by atoms with E-state index in [1.54, 1.807) is 13.9 Å². The summed E-state index contributed by atoms with van der Waals surface area (Å²) in [5.74, 6) is -0.585. The molecular formula is C20H22BFN8O3. The van der Waals surface area contributed by atoms with Crippen molar-refractivity contribution in [1.29, 1.82) is 0 Å². The zero-order valence-corrected chi connectivity index (χ0v) is 17.7. The average Bonchev–Trinajstić information content (AvgIpc) is 3.26. The fraction of sp³-hybridized carbons (Fsp3) is 0.150. The number of nitrogens with zero attached hydrogens (tertiary/aromatic N) is 4. The van der Waals surface area contributed by atoms with E-state index in [1.807, 2.05) is 30.3 Å². The van der Waals surface area contributed by atoms with Gasteiger partial charge in [0.05, 0.1) is 6.42 Å². The van der Waals surface area contributed by atoms with Crippen LogP contribution in [0.3, 0.4) is 0 Å². The molecule has 0 spiro atoms. The van der Waals surface area contributed by atoms with Crippen molar-refractivity contribution in [3.8, 4) is 0 Å². The Hall–Kier alpha value is -4.42. The van der Waals surface area contributed by atoms with Crippen molar-refractivity contribution in [3.63, 3.8) is 0 Å². The van der Waals surface area contributed by atoms with E-state index in [1.165, 1.54) is 12.1 Å². The molecule has 0 aliphatic carbocycles. The molecule has 1 aromatic heterocycles. The maximum absolute atomic E-state index is 13.5. The van der Waals surface area contributed by atoms with E-state index in [-0.39, 0.29) is 41.5 Å². The van der Waals surface area contributed by atoms with Gasteiger partial charge in [-0.05, 0) is 34.1 Å². The van der Waals surface area contributed by atoms with Gasteiger partial charge in [0, 0.05) is 18.8 Å². The van der Waals surface area contributed by atoms with E-state index in [0.29, 0.717) is 24.2 Å². The topological polar surface area (TPSA) is 163 Å². The summed E-state index contributed by atoms with van der Waals surface area (Å²) in [7, 11) is 1.61. The average molecular weight is 452 g/mol. The molecule has 3 rings (SSSR count). The van der Waals surface area contributed by atoms with Crippen LogP contribution in [-0.4, -0.2) is 54.2 Å². The number of carbonyl (C=O) groups is 1. The SMILES string of the molecule is Bc1cc(NC(=NO)c2nonc2NCCN/C(N)=N/C(=O)Cc2ccccc2)ccc1F. The molecule has 6 N–H and O–H groups in total. The molecule has 0 bridgehead atoms. The zero-order chi connectivity index (χ0) is 23.6. The number of amides is 1. The monoisotopic (exact) mass is 452 g/mol. The fourth-order valence-corrected chi connectivity index (χ4v) is 2.81. The molecular weight excluding hydrogens is 430 g/mol. The minimum atomic E-state index is -0.368. The Morgan fingerprint density at radius 3 is 2.70 bits per heavy atom. The van der Waals surface area contributed by atoms with Crippen molar-refractivity contribution in [2.24, 2.45) is 15.9 Å². The van der Waals surface area contributed by atoms with Gasteiger partial charge in [-0.15, -0.1) is 0 Å². The van der Waals surface area contributed by atoms with Gasteiger partial charge in [-0.3, -0.25) is 4.79 Å². The van der Waals surface area contributed by atoms with Crippen molar-refractivity contribution in [2.45, 2.75) is 6.42 Å². The van der Waals surface area contributed by atoms with Crippen LogP contribution >= 0.6 is 0 Å². The molecule has 1 amide bonds. The zero-order valence-electron chi connectivity index (χ0n) is 17.7. The lowest BCUT2D eigenvalue weighted by Gasteiger charge is -2.09. The van der Waals surface area contributed by atoms with Crippen molar-refractivity contribution < 1.29 is 19.0 Å². The van der Waals surface area contributed by atoms with E-state index in [4.69, 9.17) is 10.4 Å². The highest BCUT2D eigenvalue weighted by atomic mass is 19.1. The molecule has 0 aliphatic heterocycles. The summed E-state index contributed by atoms with van der Waals surface area (Å²) in [4.78, 5) is 15.8. The second-order valence-electron chi connectivity index (χ2n) is 6.91. The van der Waals surface area contributed by atoms with Crippen LogP contribution in [-0.2, 0) is 11.2 Å². The summed E-state index contributed by atoms with van der Waals surface area (Å²) in [5.41, 5.74) is 7.61. The van der Waals surface area contributed by atoms with E-state index in [0.717, 1.165) is 5.56 Å². The number of anilines is 2. The number of halogens is 1. The summed E-state index contributed by atoms with van der Waals surface area (Å²) >= 11 is 0. The number of aliphatic imine (C=N–C) groups is 1. The van der Waals surface area contributed by atoms with Gasteiger partial charge in [-0.1, -0.05) is 41.0 Å². The molecule has 3 aromatic rings. The Balaban J connectivity index is 1.50. The van der Waals surface area contributed by atoms with Crippen LogP contribution in [0.2, 0.25) is 0 Å². The van der Waals surface area contributed by atoms with Crippen molar-refractivity contribution >= 4 is 42.5 Å². The quantitative estimate of drug-likeness (QED) is 0.0778. The molecule has 170 valence electrons. The third kappa shape index (κ3) is 6.79. The number of hydrogen-bond acceptors (Lipinski definition) is 7. The predicted octanol–water partition coefficient (Wildman–Crippen LogP) is -0.199. The van der Waals surface area contributed by atoms with Gasteiger partial charge < -0.3 is 26.9 Å².